The highest BCUT2D eigenvalue weighted by atomic mass is 32.2. The lowest BCUT2D eigenvalue weighted by atomic mass is 9.97. The number of hydrogen-bond donors (Lipinski definition) is 0. The van der Waals surface area contributed by atoms with E-state index in [2.05, 4.69) is 13.8 Å². The highest BCUT2D eigenvalue weighted by Crippen LogP contribution is 2.40. The summed E-state index contributed by atoms with van der Waals surface area (Å²) in [4.78, 5) is 12.1. The first-order valence-electron chi connectivity index (χ1n) is 5.67. The van der Waals surface area contributed by atoms with E-state index in [1.54, 1.807) is 11.8 Å². The van der Waals surface area contributed by atoms with Gasteiger partial charge in [-0.25, -0.2) is 0 Å². The Morgan fingerprint density at radius 2 is 1.88 bits per heavy atom. The van der Waals surface area contributed by atoms with Gasteiger partial charge in [0, 0.05) is 5.75 Å². The zero-order chi connectivity index (χ0) is 12.6. The second kappa shape index (κ2) is 4.44. The van der Waals surface area contributed by atoms with Gasteiger partial charge in [0.1, 0.15) is 10.3 Å². The molecule has 0 N–H and O–H groups in total. The minimum Gasteiger partial charge on any atom is -0.459 e. The summed E-state index contributed by atoms with van der Waals surface area (Å²) in [7, 11) is 0. The van der Waals surface area contributed by atoms with Crippen LogP contribution in [0.5, 0.6) is 0 Å². The number of allylic oxidation sites excluding steroid dienone is 1. The molecular weight excluding hydrogens is 220 g/mol. The summed E-state index contributed by atoms with van der Waals surface area (Å²) >= 11 is 1.69. The Kier molecular flexibility index (Phi) is 3.78. The molecule has 0 radical (unpaired) electrons. The fourth-order valence-electron chi connectivity index (χ4n) is 1.62. The first kappa shape index (κ1) is 13.6. The van der Waals surface area contributed by atoms with Gasteiger partial charge in [0.15, 0.2) is 0 Å². The predicted molar refractivity (Wildman–Crippen MR) is 69.7 cm³/mol. The van der Waals surface area contributed by atoms with E-state index in [1.807, 2.05) is 27.7 Å². The molecule has 3 heteroatoms. The predicted octanol–water partition coefficient (Wildman–Crippen LogP) is 3.56. The van der Waals surface area contributed by atoms with E-state index >= 15 is 0 Å². The van der Waals surface area contributed by atoms with Crippen molar-refractivity contribution in [1.29, 1.82) is 0 Å². The molecule has 1 rings (SSSR count). The Bertz CT molecular complexity index is 325. The molecule has 0 aromatic carbocycles. The summed E-state index contributed by atoms with van der Waals surface area (Å²) in [6.45, 7) is 12.0. The molecule has 2 nitrogen and oxygen atoms in total. The van der Waals surface area contributed by atoms with E-state index in [4.69, 9.17) is 4.74 Å². The molecule has 1 unspecified atom stereocenters. The number of rotatable bonds is 1. The van der Waals surface area contributed by atoms with E-state index < -0.39 is 10.3 Å². The van der Waals surface area contributed by atoms with Gasteiger partial charge in [-0.2, -0.15) is 0 Å². The van der Waals surface area contributed by atoms with Crippen LogP contribution in [0.2, 0.25) is 0 Å². The van der Waals surface area contributed by atoms with Gasteiger partial charge >= 0.3 is 5.97 Å². The van der Waals surface area contributed by atoms with Gasteiger partial charge in [-0.1, -0.05) is 11.1 Å². The van der Waals surface area contributed by atoms with Crippen molar-refractivity contribution in [2.45, 2.75) is 58.3 Å². The van der Waals surface area contributed by atoms with Gasteiger partial charge in [0.2, 0.25) is 0 Å². The van der Waals surface area contributed by atoms with Crippen molar-refractivity contribution in [3.05, 3.63) is 11.1 Å². The van der Waals surface area contributed by atoms with Crippen LogP contribution in [0.1, 0.15) is 48.0 Å². The zero-order valence-corrected chi connectivity index (χ0v) is 12.0. The molecule has 1 aliphatic rings. The Balaban J connectivity index is 2.77. The van der Waals surface area contributed by atoms with Crippen LogP contribution in [0.25, 0.3) is 0 Å². The van der Waals surface area contributed by atoms with Crippen molar-refractivity contribution in [3.63, 3.8) is 0 Å². The molecule has 0 saturated carbocycles. The molecule has 0 aliphatic carbocycles. The van der Waals surface area contributed by atoms with Gasteiger partial charge < -0.3 is 4.74 Å². The van der Waals surface area contributed by atoms with Crippen molar-refractivity contribution in [3.8, 4) is 0 Å². The fourth-order valence-corrected chi connectivity index (χ4v) is 2.88. The van der Waals surface area contributed by atoms with Crippen molar-refractivity contribution < 1.29 is 9.53 Å². The first-order valence-corrected chi connectivity index (χ1v) is 6.65. The smallest absolute Gasteiger partial charge is 0.322 e. The second-order valence-corrected chi connectivity index (χ2v) is 7.24. The van der Waals surface area contributed by atoms with Crippen LogP contribution in [-0.4, -0.2) is 22.1 Å². The Labute approximate surface area is 103 Å². The summed E-state index contributed by atoms with van der Waals surface area (Å²) < 4.78 is 5.08. The number of esters is 1. The molecule has 1 heterocycles. The van der Waals surface area contributed by atoms with Gasteiger partial charge in [-0.05, 0) is 48.0 Å². The highest BCUT2D eigenvalue weighted by molar-refractivity contribution is 8.01. The summed E-state index contributed by atoms with van der Waals surface area (Å²) in [6, 6.07) is 0. The molecule has 16 heavy (non-hydrogen) atoms. The van der Waals surface area contributed by atoms with Crippen molar-refractivity contribution >= 4 is 17.7 Å². The third-order valence-electron chi connectivity index (χ3n) is 2.77. The van der Waals surface area contributed by atoms with Crippen LogP contribution >= 0.6 is 11.8 Å². The first-order chi connectivity index (χ1) is 7.14. The van der Waals surface area contributed by atoms with E-state index in [9.17, 15) is 4.79 Å². The lowest BCUT2D eigenvalue weighted by molar-refractivity contribution is -0.157. The quantitative estimate of drug-likeness (QED) is 0.519. The Morgan fingerprint density at radius 3 is 2.31 bits per heavy atom. The minimum atomic E-state index is -0.406. The monoisotopic (exact) mass is 242 g/mol. The average Bonchev–Trinajstić information content (AvgIpc) is 2.09. The molecule has 0 saturated heterocycles. The largest absolute Gasteiger partial charge is 0.459 e. The van der Waals surface area contributed by atoms with Crippen LogP contribution in [-0.2, 0) is 9.53 Å². The molecule has 0 amide bonds. The molecule has 0 aromatic heterocycles. The van der Waals surface area contributed by atoms with Gasteiger partial charge in [-0.3, -0.25) is 4.79 Å². The van der Waals surface area contributed by atoms with Crippen molar-refractivity contribution in [1.82, 2.24) is 0 Å². The van der Waals surface area contributed by atoms with E-state index in [-0.39, 0.29) is 5.97 Å². The summed E-state index contributed by atoms with van der Waals surface area (Å²) in [5, 5.41) is 0. The van der Waals surface area contributed by atoms with E-state index in [1.165, 1.54) is 11.1 Å². The summed E-state index contributed by atoms with van der Waals surface area (Å²) in [6.07, 6.45) is 0.804. The third-order valence-corrected chi connectivity index (χ3v) is 4.29. The molecule has 0 bridgehead atoms. The molecule has 1 atom stereocenters. The summed E-state index contributed by atoms with van der Waals surface area (Å²) in [5.41, 5.74) is 2.32. The minimum absolute atomic E-state index is 0.0862. The van der Waals surface area contributed by atoms with Crippen LogP contribution in [0, 0.1) is 0 Å². The number of carbonyl (C=O) groups is 1. The number of thioether (sulfide) groups is 1. The molecule has 92 valence electrons. The number of hydrogen-bond acceptors (Lipinski definition) is 3. The SMILES string of the molecule is CC1=C(C)CC(C)(C(=O)OC(C)(C)C)SC1. The normalized spacial score (nSPS) is 26.9. The average molecular weight is 242 g/mol. The lowest BCUT2D eigenvalue weighted by Gasteiger charge is -2.34. The molecule has 0 spiro atoms. The van der Waals surface area contributed by atoms with E-state index in [0.29, 0.717) is 0 Å². The molecule has 1 aliphatic heterocycles. The lowest BCUT2D eigenvalue weighted by Crippen LogP contribution is -2.40. The maximum Gasteiger partial charge on any atom is 0.322 e. The number of ether oxygens (including phenoxy) is 1. The van der Waals surface area contributed by atoms with Crippen LogP contribution in [0.4, 0.5) is 0 Å². The van der Waals surface area contributed by atoms with Gasteiger partial charge in [0.25, 0.3) is 0 Å². The topological polar surface area (TPSA) is 26.3 Å². The van der Waals surface area contributed by atoms with Gasteiger partial charge in [0.05, 0.1) is 0 Å². The van der Waals surface area contributed by atoms with Crippen LogP contribution in [0.3, 0.4) is 0 Å². The fraction of sp³-hybridized carbons (Fsp3) is 0.769. The molecular formula is C13H22O2S. The zero-order valence-electron chi connectivity index (χ0n) is 11.1. The van der Waals surface area contributed by atoms with Gasteiger partial charge in [-0.15, -0.1) is 11.8 Å². The number of carbonyl (C=O) groups excluding carboxylic acids is 1. The van der Waals surface area contributed by atoms with Crippen LogP contribution in [0.15, 0.2) is 11.1 Å². The molecule has 0 aromatic rings. The highest BCUT2D eigenvalue weighted by Gasteiger charge is 2.40. The third kappa shape index (κ3) is 3.27. The molecule has 0 fully saturated rings. The van der Waals surface area contributed by atoms with Crippen molar-refractivity contribution in [2.24, 2.45) is 0 Å². The maximum absolute atomic E-state index is 12.1. The second-order valence-electron chi connectivity index (χ2n) is 5.76. The van der Waals surface area contributed by atoms with E-state index in [0.717, 1.165) is 12.2 Å². The van der Waals surface area contributed by atoms with Crippen LogP contribution < -0.4 is 0 Å². The maximum atomic E-state index is 12.1. The van der Waals surface area contributed by atoms with Crippen molar-refractivity contribution in [2.75, 3.05) is 5.75 Å². The summed E-state index contributed by atoms with van der Waals surface area (Å²) in [5.74, 6) is 0.846. The standard InChI is InChI=1S/C13H22O2S/c1-9-7-13(6,16-8-10(9)2)11(14)15-12(3,4)5/h7-8H2,1-6H3. The Hall–Kier alpha value is -0.440. The Morgan fingerprint density at radius 1 is 1.31 bits per heavy atom.